The molecule has 3 nitrogen and oxygen atoms in total. The molecule has 0 saturated heterocycles. The number of hydrogen-bond acceptors (Lipinski definition) is 2. The summed E-state index contributed by atoms with van der Waals surface area (Å²) in [5.74, 6) is -1.54. The molecule has 1 aromatic rings. The lowest BCUT2D eigenvalue weighted by Gasteiger charge is -2.26. The third-order valence-corrected chi connectivity index (χ3v) is 3.32. The van der Waals surface area contributed by atoms with Crippen LogP contribution in [0.2, 0.25) is 0 Å². The molecule has 0 spiro atoms. The second-order valence-electron chi connectivity index (χ2n) is 6.34. The number of carbonyl (C=O) groups is 1. The minimum atomic E-state index is -1.41. The van der Waals surface area contributed by atoms with Crippen molar-refractivity contribution >= 4 is 5.91 Å². The van der Waals surface area contributed by atoms with Gasteiger partial charge in [-0.05, 0) is 24.5 Å². The van der Waals surface area contributed by atoms with E-state index in [0.29, 0.717) is 12.3 Å². The van der Waals surface area contributed by atoms with E-state index in [1.807, 2.05) is 13.8 Å². The zero-order valence-electron chi connectivity index (χ0n) is 12.9. The third kappa shape index (κ3) is 4.77. The van der Waals surface area contributed by atoms with E-state index in [2.05, 4.69) is 5.32 Å². The maximum absolute atomic E-state index is 13.5. The molecule has 5 heteroatoms. The van der Waals surface area contributed by atoms with Crippen molar-refractivity contribution in [3.8, 4) is 0 Å². The first-order valence-corrected chi connectivity index (χ1v) is 7.05. The van der Waals surface area contributed by atoms with Crippen LogP contribution in [0.1, 0.15) is 45.8 Å². The molecule has 0 heterocycles. The standard InChI is InChI=1S/C16H23F2NO2/c1-10(2)8-16(3,4)15(21)19-9-13(20)14-11(17)6-5-7-12(14)18/h5-7,10,13,20H,8-9H2,1-4H3,(H,19,21). The van der Waals surface area contributed by atoms with E-state index in [-0.39, 0.29) is 12.5 Å². The molecule has 0 aliphatic carbocycles. The van der Waals surface area contributed by atoms with E-state index in [4.69, 9.17) is 0 Å². The van der Waals surface area contributed by atoms with E-state index < -0.39 is 28.7 Å². The van der Waals surface area contributed by atoms with Gasteiger partial charge in [0.2, 0.25) is 5.91 Å². The summed E-state index contributed by atoms with van der Waals surface area (Å²) in [6.07, 6.45) is -0.729. The Balaban J connectivity index is 2.69. The maximum atomic E-state index is 13.5. The smallest absolute Gasteiger partial charge is 0.225 e. The molecule has 1 aromatic carbocycles. The maximum Gasteiger partial charge on any atom is 0.225 e. The van der Waals surface area contributed by atoms with Gasteiger partial charge < -0.3 is 10.4 Å². The topological polar surface area (TPSA) is 49.3 Å². The number of nitrogens with one attached hydrogen (secondary N) is 1. The van der Waals surface area contributed by atoms with Gasteiger partial charge in [0.25, 0.3) is 0 Å². The van der Waals surface area contributed by atoms with Gasteiger partial charge in [-0.25, -0.2) is 8.78 Å². The van der Waals surface area contributed by atoms with E-state index in [9.17, 15) is 18.7 Å². The SMILES string of the molecule is CC(C)CC(C)(C)C(=O)NCC(O)c1c(F)cccc1F. The molecule has 2 N–H and O–H groups in total. The van der Waals surface area contributed by atoms with Crippen molar-refractivity contribution in [2.75, 3.05) is 6.54 Å². The quantitative estimate of drug-likeness (QED) is 0.847. The summed E-state index contributed by atoms with van der Waals surface area (Å²) in [4.78, 5) is 12.1. The molecule has 1 rings (SSSR count). The average Bonchev–Trinajstić information content (AvgIpc) is 2.34. The van der Waals surface area contributed by atoms with Gasteiger partial charge in [0.15, 0.2) is 0 Å². The average molecular weight is 299 g/mol. The van der Waals surface area contributed by atoms with E-state index in [1.54, 1.807) is 13.8 Å². The second kappa shape index (κ2) is 6.98. The van der Waals surface area contributed by atoms with Gasteiger partial charge in [-0.1, -0.05) is 33.8 Å². The second-order valence-corrected chi connectivity index (χ2v) is 6.34. The van der Waals surface area contributed by atoms with Crippen LogP contribution in [0.4, 0.5) is 8.78 Å². The highest BCUT2D eigenvalue weighted by Crippen LogP contribution is 2.26. The molecule has 0 aliphatic heterocycles. The number of halogens is 2. The zero-order valence-corrected chi connectivity index (χ0v) is 12.9. The molecule has 0 aliphatic rings. The number of amides is 1. The van der Waals surface area contributed by atoms with Gasteiger partial charge in [-0.3, -0.25) is 4.79 Å². The van der Waals surface area contributed by atoms with E-state index in [1.165, 1.54) is 6.07 Å². The Labute approximate surface area is 124 Å². The molecule has 0 radical (unpaired) electrons. The van der Waals surface area contributed by atoms with Crippen LogP contribution in [0.15, 0.2) is 18.2 Å². The first-order chi connectivity index (χ1) is 9.65. The Morgan fingerprint density at radius 1 is 1.29 bits per heavy atom. The summed E-state index contributed by atoms with van der Waals surface area (Å²) in [7, 11) is 0. The van der Waals surface area contributed by atoms with Crippen LogP contribution in [0.5, 0.6) is 0 Å². The Hall–Kier alpha value is -1.49. The number of hydrogen-bond donors (Lipinski definition) is 2. The summed E-state index contributed by atoms with van der Waals surface area (Å²) in [6, 6.07) is 3.38. The van der Waals surface area contributed by atoms with E-state index >= 15 is 0 Å². The lowest BCUT2D eigenvalue weighted by Crippen LogP contribution is -2.39. The summed E-state index contributed by atoms with van der Waals surface area (Å²) in [5, 5.41) is 12.4. The van der Waals surface area contributed by atoms with Crippen molar-refractivity contribution in [2.45, 2.75) is 40.2 Å². The Morgan fingerprint density at radius 2 is 1.81 bits per heavy atom. The molecule has 0 saturated carbocycles. The van der Waals surface area contributed by atoms with Gasteiger partial charge >= 0.3 is 0 Å². The highest BCUT2D eigenvalue weighted by atomic mass is 19.1. The van der Waals surface area contributed by atoms with Gasteiger partial charge in [-0.2, -0.15) is 0 Å². The van der Waals surface area contributed by atoms with Crippen molar-refractivity contribution < 1.29 is 18.7 Å². The Kier molecular flexibility index (Phi) is 5.84. The molecular formula is C16H23F2NO2. The molecule has 21 heavy (non-hydrogen) atoms. The van der Waals surface area contributed by atoms with Crippen LogP contribution in [0.3, 0.4) is 0 Å². The predicted molar refractivity (Wildman–Crippen MR) is 77.6 cm³/mol. The molecule has 1 amide bonds. The van der Waals surface area contributed by atoms with Crippen LogP contribution in [-0.2, 0) is 4.79 Å². The largest absolute Gasteiger partial charge is 0.386 e. The fourth-order valence-electron chi connectivity index (χ4n) is 2.47. The van der Waals surface area contributed by atoms with Crippen LogP contribution in [0, 0.1) is 23.0 Å². The van der Waals surface area contributed by atoms with Gasteiger partial charge in [-0.15, -0.1) is 0 Å². The minimum absolute atomic E-state index is 0.224. The Bertz CT molecular complexity index is 481. The van der Waals surface area contributed by atoms with E-state index in [0.717, 1.165) is 12.1 Å². The van der Waals surface area contributed by atoms with Gasteiger partial charge in [0.05, 0.1) is 5.56 Å². The highest BCUT2D eigenvalue weighted by Gasteiger charge is 2.29. The molecule has 1 atom stereocenters. The number of aliphatic hydroxyl groups is 1. The summed E-state index contributed by atoms with van der Waals surface area (Å²) < 4.78 is 27.0. The molecular weight excluding hydrogens is 276 g/mol. The molecule has 0 aromatic heterocycles. The first-order valence-electron chi connectivity index (χ1n) is 7.05. The van der Waals surface area contributed by atoms with Crippen molar-refractivity contribution in [1.29, 1.82) is 0 Å². The van der Waals surface area contributed by atoms with Gasteiger partial charge in [0.1, 0.15) is 17.7 Å². The van der Waals surface area contributed by atoms with Crippen molar-refractivity contribution in [3.63, 3.8) is 0 Å². The van der Waals surface area contributed by atoms with Crippen molar-refractivity contribution in [1.82, 2.24) is 5.32 Å². The van der Waals surface area contributed by atoms with Crippen LogP contribution >= 0.6 is 0 Å². The lowest BCUT2D eigenvalue weighted by molar-refractivity contribution is -0.130. The summed E-state index contributed by atoms with van der Waals surface area (Å²) in [6.45, 7) is 7.41. The molecule has 118 valence electrons. The molecule has 1 unspecified atom stereocenters. The lowest BCUT2D eigenvalue weighted by atomic mass is 9.83. The van der Waals surface area contributed by atoms with Gasteiger partial charge in [0, 0.05) is 12.0 Å². The molecule has 0 fully saturated rings. The summed E-state index contributed by atoms with van der Waals surface area (Å²) in [5.41, 5.74) is -1.01. The number of rotatable bonds is 6. The minimum Gasteiger partial charge on any atom is -0.386 e. The van der Waals surface area contributed by atoms with Crippen molar-refractivity contribution in [2.24, 2.45) is 11.3 Å². The zero-order chi connectivity index (χ0) is 16.2. The normalized spacial score (nSPS) is 13.3. The highest BCUT2D eigenvalue weighted by molar-refractivity contribution is 5.81. The van der Waals surface area contributed by atoms with Crippen LogP contribution in [0.25, 0.3) is 0 Å². The van der Waals surface area contributed by atoms with Crippen molar-refractivity contribution in [3.05, 3.63) is 35.4 Å². The predicted octanol–water partition coefficient (Wildman–Crippen LogP) is 3.19. The number of carbonyl (C=O) groups excluding carboxylic acids is 1. The Morgan fingerprint density at radius 3 is 2.29 bits per heavy atom. The van der Waals surface area contributed by atoms with Crippen LogP contribution in [-0.4, -0.2) is 17.6 Å². The monoisotopic (exact) mass is 299 g/mol. The number of aliphatic hydroxyl groups excluding tert-OH is 1. The third-order valence-electron chi connectivity index (χ3n) is 3.32. The number of benzene rings is 1. The molecule has 0 bridgehead atoms. The van der Waals surface area contributed by atoms with Crippen LogP contribution < -0.4 is 5.32 Å². The fourth-order valence-corrected chi connectivity index (χ4v) is 2.47. The fraction of sp³-hybridized carbons (Fsp3) is 0.562. The first kappa shape index (κ1) is 17.6. The summed E-state index contributed by atoms with van der Waals surface area (Å²) >= 11 is 0.